The molecule has 4 heteroatoms. The van der Waals surface area contributed by atoms with Gasteiger partial charge in [0.05, 0.1) is 12.4 Å². The first-order chi connectivity index (χ1) is 5.11. The summed E-state index contributed by atoms with van der Waals surface area (Å²) in [4.78, 5) is 14.7. The third-order valence-electron chi connectivity index (χ3n) is 2.23. The Morgan fingerprint density at radius 2 is 2.55 bits per heavy atom. The monoisotopic (exact) mass is 156 g/mol. The minimum absolute atomic E-state index is 0.223. The van der Waals surface area contributed by atoms with E-state index in [1.165, 1.54) is 6.92 Å². The van der Waals surface area contributed by atoms with Gasteiger partial charge in [0.1, 0.15) is 5.60 Å². The number of aliphatic imine (C=N–C) groups is 1. The van der Waals surface area contributed by atoms with Crippen LogP contribution in [-0.2, 0) is 4.79 Å². The molecule has 0 radical (unpaired) electrons. The van der Waals surface area contributed by atoms with Crippen LogP contribution in [0.4, 0.5) is 0 Å². The van der Waals surface area contributed by atoms with Crippen molar-refractivity contribution in [2.75, 3.05) is 0 Å². The van der Waals surface area contributed by atoms with E-state index in [9.17, 15) is 9.90 Å². The van der Waals surface area contributed by atoms with Gasteiger partial charge >= 0.3 is 0 Å². The van der Waals surface area contributed by atoms with Crippen molar-refractivity contribution < 1.29 is 9.90 Å². The highest BCUT2D eigenvalue weighted by atomic mass is 16.3. The van der Waals surface area contributed by atoms with Crippen LogP contribution in [0.1, 0.15) is 19.8 Å². The van der Waals surface area contributed by atoms with Gasteiger partial charge in [-0.05, 0) is 19.8 Å². The number of carbonyl (C=O) groups excluding carboxylic acids is 1. The lowest BCUT2D eigenvalue weighted by atomic mass is 9.73. The highest BCUT2D eigenvalue weighted by Gasteiger charge is 2.49. The predicted octanol–water partition coefficient (Wildman–Crippen LogP) is -0.544. The van der Waals surface area contributed by atoms with Gasteiger partial charge in [-0.1, -0.05) is 0 Å². The SMILES string of the molecule is CC(=O)C1(O)CCC1N=CN. The average Bonchev–Trinajstić information content (AvgIpc) is 1.96. The Labute approximate surface area is 65.1 Å². The Kier molecular flexibility index (Phi) is 1.95. The van der Waals surface area contributed by atoms with Crippen LogP contribution in [0.3, 0.4) is 0 Å². The van der Waals surface area contributed by atoms with Gasteiger partial charge in [0.2, 0.25) is 0 Å². The molecule has 0 aromatic carbocycles. The van der Waals surface area contributed by atoms with Crippen LogP contribution in [0.15, 0.2) is 4.99 Å². The van der Waals surface area contributed by atoms with Crippen LogP contribution in [0.2, 0.25) is 0 Å². The number of carbonyl (C=O) groups is 1. The first-order valence-corrected chi connectivity index (χ1v) is 3.58. The molecule has 0 aromatic heterocycles. The smallest absolute Gasteiger partial charge is 0.163 e. The molecule has 1 aliphatic carbocycles. The summed E-state index contributed by atoms with van der Waals surface area (Å²) in [7, 11) is 0. The summed E-state index contributed by atoms with van der Waals surface area (Å²) in [5.74, 6) is -0.223. The van der Waals surface area contributed by atoms with Gasteiger partial charge in [0.15, 0.2) is 5.78 Å². The van der Waals surface area contributed by atoms with Gasteiger partial charge < -0.3 is 10.8 Å². The van der Waals surface area contributed by atoms with Crippen LogP contribution in [-0.4, -0.2) is 28.9 Å². The number of aliphatic hydroxyl groups is 1. The van der Waals surface area contributed by atoms with Crippen LogP contribution < -0.4 is 5.73 Å². The minimum atomic E-state index is -1.23. The summed E-state index contributed by atoms with van der Waals surface area (Å²) in [5, 5.41) is 9.56. The van der Waals surface area contributed by atoms with Crippen molar-refractivity contribution in [3.05, 3.63) is 0 Å². The second-order valence-corrected chi connectivity index (χ2v) is 2.83. The van der Waals surface area contributed by atoms with Crippen LogP contribution in [0.5, 0.6) is 0 Å². The molecule has 1 fully saturated rings. The lowest BCUT2D eigenvalue weighted by Gasteiger charge is -2.40. The largest absolute Gasteiger partial charge is 0.390 e. The van der Waals surface area contributed by atoms with E-state index < -0.39 is 5.60 Å². The van der Waals surface area contributed by atoms with Gasteiger partial charge in [0.25, 0.3) is 0 Å². The molecule has 11 heavy (non-hydrogen) atoms. The summed E-state index contributed by atoms with van der Waals surface area (Å²) < 4.78 is 0. The van der Waals surface area contributed by atoms with Crippen LogP contribution in [0.25, 0.3) is 0 Å². The molecule has 0 amide bonds. The molecule has 0 aliphatic heterocycles. The molecule has 1 saturated carbocycles. The Morgan fingerprint density at radius 3 is 2.82 bits per heavy atom. The van der Waals surface area contributed by atoms with Crippen molar-refractivity contribution in [3.63, 3.8) is 0 Å². The molecule has 0 heterocycles. The highest BCUT2D eigenvalue weighted by Crippen LogP contribution is 2.35. The molecule has 0 bridgehead atoms. The van der Waals surface area contributed by atoms with E-state index >= 15 is 0 Å². The second kappa shape index (κ2) is 2.62. The molecule has 62 valence electrons. The lowest BCUT2D eigenvalue weighted by molar-refractivity contribution is -0.146. The summed E-state index contributed by atoms with van der Waals surface area (Å²) in [6.45, 7) is 1.37. The van der Waals surface area contributed by atoms with Gasteiger partial charge in [-0.2, -0.15) is 0 Å². The van der Waals surface area contributed by atoms with Crippen molar-refractivity contribution in [2.24, 2.45) is 10.7 Å². The zero-order valence-corrected chi connectivity index (χ0v) is 6.45. The third kappa shape index (κ3) is 1.14. The number of nitrogens with two attached hydrogens (primary N) is 1. The molecule has 0 aromatic rings. The number of Topliss-reactive ketones (excluding diaryl/α,β-unsaturated/α-hetero) is 1. The second-order valence-electron chi connectivity index (χ2n) is 2.83. The Hall–Kier alpha value is -0.900. The van der Waals surface area contributed by atoms with Gasteiger partial charge in [-0.15, -0.1) is 0 Å². The topological polar surface area (TPSA) is 75.7 Å². The zero-order valence-electron chi connectivity index (χ0n) is 6.45. The van der Waals surface area contributed by atoms with Crippen molar-refractivity contribution in [2.45, 2.75) is 31.4 Å². The molecule has 2 atom stereocenters. The molecule has 2 unspecified atom stereocenters. The van der Waals surface area contributed by atoms with E-state index in [0.29, 0.717) is 6.42 Å². The third-order valence-corrected chi connectivity index (χ3v) is 2.23. The maximum absolute atomic E-state index is 10.9. The van der Waals surface area contributed by atoms with Crippen LogP contribution >= 0.6 is 0 Å². The Balaban J connectivity index is 2.67. The quantitative estimate of drug-likeness (QED) is 0.416. The fraction of sp³-hybridized carbons (Fsp3) is 0.714. The van der Waals surface area contributed by atoms with E-state index in [4.69, 9.17) is 5.73 Å². The molecule has 1 rings (SSSR count). The molecule has 1 aliphatic rings. The molecule has 4 nitrogen and oxygen atoms in total. The van der Waals surface area contributed by atoms with Gasteiger partial charge in [-0.25, -0.2) is 0 Å². The first kappa shape index (κ1) is 8.20. The minimum Gasteiger partial charge on any atom is -0.390 e. The summed E-state index contributed by atoms with van der Waals surface area (Å²) in [6, 6.07) is -0.315. The normalized spacial score (nSPS) is 37.1. The summed E-state index contributed by atoms with van der Waals surface area (Å²) >= 11 is 0. The highest BCUT2D eigenvalue weighted by molar-refractivity contribution is 5.87. The molecular weight excluding hydrogens is 144 g/mol. The van der Waals surface area contributed by atoms with E-state index in [1.54, 1.807) is 0 Å². The van der Waals surface area contributed by atoms with Crippen molar-refractivity contribution in [1.82, 2.24) is 0 Å². The standard InChI is InChI=1S/C7H12N2O2/c1-5(10)7(11)3-2-6(7)9-4-8/h4,6,11H,2-3H2,1H3,(H2,8,9). The Bertz CT molecular complexity index is 203. The molecular formula is C7H12N2O2. The first-order valence-electron chi connectivity index (χ1n) is 3.58. The number of rotatable bonds is 2. The van der Waals surface area contributed by atoms with E-state index in [-0.39, 0.29) is 11.8 Å². The van der Waals surface area contributed by atoms with E-state index in [2.05, 4.69) is 4.99 Å². The zero-order chi connectivity index (χ0) is 8.48. The fourth-order valence-electron chi connectivity index (χ4n) is 1.26. The lowest BCUT2D eigenvalue weighted by Crippen LogP contribution is -2.55. The predicted molar refractivity (Wildman–Crippen MR) is 41.3 cm³/mol. The van der Waals surface area contributed by atoms with Crippen molar-refractivity contribution >= 4 is 12.1 Å². The molecule has 0 spiro atoms. The number of nitrogens with zero attached hydrogens (tertiary/aromatic N) is 1. The average molecular weight is 156 g/mol. The number of ketones is 1. The van der Waals surface area contributed by atoms with Crippen LogP contribution in [0, 0.1) is 0 Å². The Morgan fingerprint density at radius 1 is 1.91 bits per heavy atom. The van der Waals surface area contributed by atoms with E-state index in [1.807, 2.05) is 0 Å². The van der Waals surface area contributed by atoms with E-state index in [0.717, 1.165) is 12.8 Å². The van der Waals surface area contributed by atoms with Crippen molar-refractivity contribution in [1.29, 1.82) is 0 Å². The maximum atomic E-state index is 10.9. The van der Waals surface area contributed by atoms with Crippen molar-refractivity contribution in [3.8, 4) is 0 Å². The maximum Gasteiger partial charge on any atom is 0.163 e. The molecule has 0 saturated heterocycles. The fourth-order valence-corrected chi connectivity index (χ4v) is 1.26. The summed E-state index contributed by atoms with van der Waals surface area (Å²) in [5.41, 5.74) is 3.82. The summed E-state index contributed by atoms with van der Waals surface area (Å²) in [6.07, 6.45) is 2.38. The molecule has 3 N–H and O–H groups in total. The van der Waals surface area contributed by atoms with Gasteiger partial charge in [-0.3, -0.25) is 9.79 Å². The van der Waals surface area contributed by atoms with Gasteiger partial charge in [0, 0.05) is 0 Å². The number of hydrogen-bond donors (Lipinski definition) is 2. The number of hydrogen-bond acceptors (Lipinski definition) is 3.